The summed E-state index contributed by atoms with van der Waals surface area (Å²) in [7, 11) is 0. The lowest BCUT2D eigenvalue weighted by atomic mass is 9.81. The van der Waals surface area contributed by atoms with Crippen LogP contribution in [0.5, 0.6) is 0 Å². The van der Waals surface area contributed by atoms with Crippen molar-refractivity contribution in [3.05, 3.63) is 82.9 Å². The Labute approximate surface area is 117 Å². The molecule has 0 heterocycles. The van der Waals surface area contributed by atoms with Crippen LogP contribution >= 0.6 is 0 Å². The van der Waals surface area contributed by atoms with Crippen molar-refractivity contribution in [3.63, 3.8) is 0 Å². The zero-order valence-electron chi connectivity index (χ0n) is 11.1. The van der Waals surface area contributed by atoms with Gasteiger partial charge in [-0.1, -0.05) is 48.5 Å². The van der Waals surface area contributed by atoms with Gasteiger partial charge < -0.3 is 0 Å². The molecular weight excluding hydrogens is 248 g/mol. The number of aryl methyl sites for hydroxylation is 1. The van der Waals surface area contributed by atoms with Crippen LogP contribution in [-0.2, 0) is 6.42 Å². The number of hydrogen-bond acceptors (Lipinski definition) is 2. The van der Waals surface area contributed by atoms with E-state index in [1.165, 1.54) is 0 Å². The molecule has 0 atom stereocenters. The fraction of sp³-hybridized carbons (Fsp3) is 0.111. The smallest absolute Gasteiger partial charge is 0.194 e. The quantitative estimate of drug-likeness (QED) is 0.676. The van der Waals surface area contributed by atoms with Crippen molar-refractivity contribution in [3.8, 4) is 0 Å². The topological polar surface area (TPSA) is 34.1 Å². The van der Waals surface area contributed by atoms with E-state index in [0.29, 0.717) is 22.3 Å². The molecule has 1 aliphatic carbocycles. The second-order valence-corrected chi connectivity index (χ2v) is 4.87. The van der Waals surface area contributed by atoms with Gasteiger partial charge in [-0.05, 0) is 18.4 Å². The van der Waals surface area contributed by atoms with Gasteiger partial charge in [0.2, 0.25) is 0 Å². The molecule has 0 amide bonds. The number of fused-ring (bicyclic) bond motifs is 2. The van der Waals surface area contributed by atoms with Crippen LogP contribution in [0.3, 0.4) is 0 Å². The average Bonchev–Trinajstić information content (AvgIpc) is 2.50. The molecule has 0 radical (unpaired) electrons. The number of allylic oxidation sites excluding steroid dienone is 1. The highest BCUT2D eigenvalue weighted by molar-refractivity contribution is 6.28. The first-order chi connectivity index (χ1) is 9.74. The normalized spacial score (nSPS) is 12.8. The van der Waals surface area contributed by atoms with Gasteiger partial charge in [0.05, 0.1) is 0 Å². The summed E-state index contributed by atoms with van der Waals surface area (Å²) in [6.45, 7) is 3.71. The van der Waals surface area contributed by atoms with Gasteiger partial charge in [0, 0.05) is 22.3 Å². The lowest BCUT2D eigenvalue weighted by molar-refractivity contribution is 0.0978. The molecule has 2 nitrogen and oxygen atoms in total. The minimum Gasteiger partial charge on any atom is -0.289 e. The number of benzene rings is 2. The van der Waals surface area contributed by atoms with E-state index in [0.717, 1.165) is 18.4 Å². The minimum absolute atomic E-state index is 0.0464. The summed E-state index contributed by atoms with van der Waals surface area (Å²) in [4.78, 5) is 25.2. The van der Waals surface area contributed by atoms with Crippen LogP contribution in [0.4, 0.5) is 0 Å². The Kier molecular flexibility index (Phi) is 3.07. The van der Waals surface area contributed by atoms with Crippen LogP contribution < -0.4 is 0 Å². The molecule has 2 aromatic carbocycles. The summed E-state index contributed by atoms with van der Waals surface area (Å²) in [5, 5.41) is 0. The second kappa shape index (κ2) is 4.89. The number of ketones is 2. The summed E-state index contributed by atoms with van der Waals surface area (Å²) < 4.78 is 0. The van der Waals surface area contributed by atoms with E-state index in [1.807, 2.05) is 18.2 Å². The molecule has 0 spiro atoms. The van der Waals surface area contributed by atoms with Gasteiger partial charge >= 0.3 is 0 Å². The van der Waals surface area contributed by atoms with E-state index >= 15 is 0 Å². The van der Waals surface area contributed by atoms with Gasteiger partial charge in [0.15, 0.2) is 11.6 Å². The summed E-state index contributed by atoms with van der Waals surface area (Å²) in [5.74, 6) is -0.106. The molecular formula is C18H14O2. The summed E-state index contributed by atoms with van der Waals surface area (Å²) in [5.41, 5.74) is 3.03. The Morgan fingerprint density at radius 2 is 1.50 bits per heavy atom. The molecule has 3 rings (SSSR count). The van der Waals surface area contributed by atoms with Crippen molar-refractivity contribution >= 4 is 11.6 Å². The van der Waals surface area contributed by atoms with Crippen molar-refractivity contribution in [2.24, 2.45) is 0 Å². The van der Waals surface area contributed by atoms with Crippen LogP contribution in [0.2, 0.25) is 0 Å². The van der Waals surface area contributed by atoms with Gasteiger partial charge in [0.25, 0.3) is 0 Å². The molecule has 0 N–H and O–H groups in total. The Morgan fingerprint density at radius 1 is 0.850 bits per heavy atom. The standard InChI is InChI=1S/C18H14O2/c1-2-3-7-12-8-6-11-15-16(12)18(20)14-10-5-4-9-13(14)17(15)19/h2,4-6,8-11H,1,3,7H2. The van der Waals surface area contributed by atoms with E-state index in [9.17, 15) is 9.59 Å². The lowest BCUT2D eigenvalue weighted by Crippen LogP contribution is -2.22. The van der Waals surface area contributed by atoms with Crippen LogP contribution in [0.15, 0.2) is 55.1 Å². The number of carbonyl (C=O) groups is 2. The third kappa shape index (κ3) is 1.81. The SMILES string of the molecule is C=CCCc1cccc2c1C(=O)c1ccccc1C2=O. The van der Waals surface area contributed by atoms with E-state index in [-0.39, 0.29) is 11.6 Å². The monoisotopic (exact) mass is 262 g/mol. The van der Waals surface area contributed by atoms with Crippen molar-refractivity contribution in [2.75, 3.05) is 0 Å². The molecule has 2 aromatic rings. The molecule has 0 saturated heterocycles. The molecule has 0 fully saturated rings. The molecule has 20 heavy (non-hydrogen) atoms. The highest BCUT2D eigenvalue weighted by Gasteiger charge is 2.30. The van der Waals surface area contributed by atoms with Gasteiger partial charge in [-0.2, -0.15) is 0 Å². The predicted molar refractivity (Wildman–Crippen MR) is 78.3 cm³/mol. The minimum atomic E-state index is -0.0596. The van der Waals surface area contributed by atoms with Crippen molar-refractivity contribution in [1.29, 1.82) is 0 Å². The van der Waals surface area contributed by atoms with Crippen molar-refractivity contribution in [2.45, 2.75) is 12.8 Å². The van der Waals surface area contributed by atoms with Gasteiger partial charge in [-0.3, -0.25) is 9.59 Å². The summed E-state index contributed by atoms with van der Waals surface area (Å²) in [6.07, 6.45) is 3.34. The van der Waals surface area contributed by atoms with Gasteiger partial charge in [-0.15, -0.1) is 6.58 Å². The van der Waals surface area contributed by atoms with E-state index < -0.39 is 0 Å². The first-order valence-corrected chi connectivity index (χ1v) is 6.65. The van der Waals surface area contributed by atoms with Crippen LogP contribution in [-0.4, -0.2) is 11.6 Å². The maximum Gasteiger partial charge on any atom is 0.194 e. The Bertz CT molecular complexity index is 726. The Balaban J connectivity index is 2.20. The fourth-order valence-electron chi connectivity index (χ4n) is 2.68. The molecule has 0 bridgehead atoms. The van der Waals surface area contributed by atoms with Crippen LogP contribution in [0.1, 0.15) is 43.8 Å². The number of carbonyl (C=O) groups excluding carboxylic acids is 2. The lowest BCUT2D eigenvalue weighted by Gasteiger charge is -2.19. The van der Waals surface area contributed by atoms with Crippen LogP contribution in [0.25, 0.3) is 0 Å². The third-order valence-electron chi connectivity index (χ3n) is 3.66. The molecule has 0 aromatic heterocycles. The number of rotatable bonds is 3. The Hall–Kier alpha value is -2.48. The fourth-order valence-corrected chi connectivity index (χ4v) is 2.68. The predicted octanol–water partition coefficient (Wildman–Crippen LogP) is 3.58. The Morgan fingerprint density at radius 3 is 2.20 bits per heavy atom. The largest absolute Gasteiger partial charge is 0.289 e. The van der Waals surface area contributed by atoms with Gasteiger partial charge in [-0.25, -0.2) is 0 Å². The molecule has 0 unspecified atom stereocenters. The molecule has 1 aliphatic rings. The zero-order valence-corrected chi connectivity index (χ0v) is 11.1. The van der Waals surface area contributed by atoms with Crippen molar-refractivity contribution < 1.29 is 9.59 Å². The maximum atomic E-state index is 12.7. The first-order valence-electron chi connectivity index (χ1n) is 6.65. The first kappa shape index (κ1) is 12.5. The molecule has 0 aliphatic heterocycles. The summed E-state index contributed by atoms with van der Waals surface area (Å²) in [6, 6.07) is 12.5. The maximum absolute atomic E-state index is 12.7. The highest BCUT2D eigenvalue weighted by atomic mass is 16.1. The van der Waals surface area contributed by atoms with Crippen molar-refractivity contribution in [1.82, 2.24) is 0 Å². The molecule has 98 valence electrons. The molecule has 2 heteroatoms. The van der Waals surface area contributed by atoms with E-state index in [2.05, 4.69) is 6.58 Å². The van der Waals surface area contributed by atoms with E-state index in [1.54, 1.807) is 30.3 Å². The second-order valence-electron chi connectivity index (χ2n) is 4.87. The van der Waals surface area contributed by atoms with E-state index in [4.69, 9.17) is 0 Å². The highest BCUT2D eigenvalue weighted by Crippen LogP contribution is 2.29. The third-order valence-corrected chi connectivity index (χ3v) is 3.66. The number of hydrogen-bond donors (Lipinski definition) is 0. The molecule has 0 saturated carbocycles. The average molecular weight is 262 g/mol. The van der Waals surface area contributed by atoms with Gasteiger partial charge in [0.1, 0.15) is 0 Å². The summed E-state index contributed by atoms with van der Waals surface area (Å²) >= 11 is 0. The van der Waals surface area contributed by atoms with Crippen LogP contribution in [0, 0.1) is 0 Å². The zero-order chi connectivity index (χ0) is 14.1.